The number of benzene rings is 2. The number of ketones is 1. The van der Waals surface area contributed by atoms with E-state index in [0.29, 0.717) is 10.5 Å². The first-order valence-corrected chi connectivity index (χ1v) is 7.55. The number of fused-ring (bicyclic) bond motifs is 1. The van der Waals surface area contributed by atoms with Crippen molar-refractivity contribution in [1.29, 1.82) is 0 Å². The lowest BCUT2D eigenvalue weighted by molar-refractivity contribution is 0.104. The van der Waals surface area contributed by atoms with Crippen LogP contribution >= 0.6 is 11.8 Å². The summed E-state index contributed by atoms with van der Waals surface area (Å²) < 4.78 is 18.3. The van der Waals surface area contributed by atoms with Crippen LogP contribution in [0.25, 0.3) is 0 Å². The van der Waals surface area contributed by atoms with Gasteiger partial charge in [-0.2, -0.15) is 0 Å². The number of halogens is 1. The molecule has 0 aromatic heterocycles. The zero-order valence-corrected chi connectivity index (χ0v) is 13.0. The Labute approximate surface area is 132 Å². The number of carbonyl (C=O) groups excluding carboxylic acids is 1. The van der Waals surface area contributed by atoms with Crippen LogP contribution in [0.3, 0.4) is 0 Å². The molecule has 1 aliphatic heterocycles. The summed E-state index contributed by atoms with van der Waals surface area (Å²) in [6.07, 6.45) is 0. The van der Waals surface area contributed by atoms with Crippen LogP contribution in [0, 0.1) is 5.82 Å². The molecule has 3 rings (SSSR count). The van der Waals surface area contributed by atoms with Crippen molar-refractivity contribution in [3.63, 3.8) is 0 Å². The van der Waals surface area contributed by atoms with E-state index in [1.807, 2.05) is 25.1 Å². The molecule has 0 atom stereocenters. The van der Waals surface area contributed by atoms with Crippen LogP contribution in [0.1, 0.15) is 17.3 Å². The molecule has 2 aromatic rings. The lowest BCUT2D eigenvalue weighted by Crippen LogP contribution is -2.12. The van der Waals surface area contributed by atoms with Gasteiger partial charge in [-0.1, -0.05) is 17.8 Å². The molecule has 0 spiro atoms. The van der Waals surface area contributed by atoms with Gasteiger partial charge >= 0.3 is 0 Å². The van der Waals surface area contributed by atoms with Crippen LogP contribution in [0.4, 0.5) is 10.1 Å². The standard InChI is InChI=1S/C17H14FNO2S/c1-10-17(16(20)11-6-8-12(18)9-7-11)22-14-5-3-4-13(21-2)15(14)19-10/h3-9,19H,1-2H3. The van der Waals surface area contributed by atoms with Crippen LogP contribution in [-0.2, 0) is 0 Å². The maximum Gasteiger partial charge on any atom is 0.201 e. The van der Waals surface area contributed by atoms with Crippen molar-refractivity contribution in [2.75, 3.05) is 12.4 Å². The smallest absolute Gasteiger partial charge is 0.201 e. The lowest BCUT2D eigenvalue weighted by atomic mass is 10.1. The molecular formula is C17H14FNO2S. The Bertz CT molecular complexity index is 769. The van der Waals surface area contributed by atoms with Crippen molar-refractivity contribution in [3.05, 3.63) is 64.4 Å². The van der Waals surface area contributed by atoms with Gasteiger partial charge in [0, 0.05) is 16.2 Å². The number of rotatable bonds is 3. The molecule has 0 saturated carbocycles. The minimum absolute atomic E-state index is 0.122. The molecular weight excluding hydrogens is 301 g/mol. The van der Waals surface area contributed by atoms with Crippen LogP contribution < -0.4 is 10.1 Å². The van der Waals surface area contributed by atoms with E-state index in [1.54, 1.807) is 7.11 Å². The lowest BCUT2D eigenvalue weighted by Gasteiger charge is -2.23. The molecule has 0 unspecified atom stereocenters. The topological polar surface area (TPSA) is 38.3 Å². The summed E-state index contributed by atoms with van der Waals surface area (Å²) in [5.74, 6) is 0.257. The largest absolute Gasteiger partial charge is 0.495 e. The number of para-hydroxylation sites is 1. The van der Waals surface area contributed by atoms with E-state index in [0.717, 1.165) is 22.0 Å². The average Bonchev–Trinajstić information content (AvgIpc) is 2.53. The maximum absolute atomic E-state index is 13.0. The van der Waals surface area contributed by atoms with E-state index >= 15 is 0 Å². The average molecular weight is 315 g/mol. The highest BCUT2D eigenvalue weighted by Crippen LogP contribution is 2.44. The van der Waals surface area contributed by atoms with Crippen LogP contribution in [0.5, 0.6) is 5.75 Å². The third-order valence-corrected chi connectivity index (χ3v) is 4.64. The van der Waals surface area contributed by atoms with E-state index in [9.17, 15) is 9.18 Å². The minimum atomic E-state index is -0.355. The normalized spacial score (nSPS) is 13.4. The Hall–Kier alpha value is -2.27. The van der Waals surface area contributed by atoms with Crippen molar-refractivity contribution < 1.29 is 13.9 Å². The first-order chi connectivity index (χ1) is 10.6. The highest BCUT2D eigenvalue weighted by atomic mass is 32.2. The van der Waals surface area contributed by atoms with E-state index in [-0.39, 0.29) is 11.6 Å². The summed E-state index contributed by atoms with van der Waals surface area (Å²) in [5, 5.41) is 3.23. The number of hydrogen-bond acceptors (Lipinski definition) is 4. The number of methoxy groups -OCH3 is 1. The van der Waals surface area contributed by atoms with Gasteiger partial charge in [0.2, 0.25) is 5.78 Å². The summed E-state index contributed by atoms with van der Waals surface area (Å²) in [7, 11) is 1.61. The van der Waals surface area contributed by atoms with E-state index in [4.69, 9.17) is 4.74 Å². The van der Waals surface area contributed by atoms with Gasteiger partial charge in [-0.3, -0.25) is 4.79 Å². The zero-order chi connectivity index (χ0) is 15.7. The Morgan fingerprint density at radius 1 is 1.18 bits per heavy atom. The molecule has 0 radical (unpaired) electrons. The summed E-state index contributed by atoms with van der Waals surface area (Å²) >= 11 is 1.40. The molecule has 1 heterocycles. The molecule has 0 amide bonds. The maximum atomic E-state index is 13.0. The fraction of sp³-hybridized carbons (Fsp3) is 0.118. The number of hydrogen-bond donors (Lipinski definition) is 1. The summed E-state index contributed by atoms with van der Waals surface area (Å²) in [4.78, 5) is 14.1. The SMILES string of the molecule is COc1cccc2c1NC(C)=C(C(=O)c1ccc(F)cc1)S2. The molecule has 112 valence electrons. The van der Waals surface area contributed by atoms with Crippen LogP contribution in [0.15, 0.2) is 58.0 Å². The second-order valence-electron chi connectivity index (χ2n) is 4.85. The number of Topliss-reactive ketones (excluding diaryl/α,β-unsaturated/α-hetero) is 1. The Kier molecular flexibility index (Phi) is 3.90. The monoisotopic (exact) mass is 315 g/mol. The molecule has 0 saturated heterocycles. The first-order valence-electron chi connectivity index (χ1n) is 6.73. The first kappa shape index (κ1) is 14.7. The zero-order valence-electron chi connectivity index (χ0n) is 12.1. The summed E-state index contributed by atoms with van der Waals surface area (Å²) in [6.45, 7) is 1.85. The fourth-order valence-electron chi connectivity index (χ4n) is 2.27. The van der Waals surface area contributed by atoms with Gasteiger partial charge in [-0.05, 0) is 43.3 Å². The number of carbonyl (C=O) groups is 1. The highest BCUT2D eigenvalue weighted by Gasteiger charge is 2.24. The van der Waals surface area contributed by atoms with Gasteiger partial charge in [-0.15, -0.1) is 0 Å². The molecule has 22 heavy (non-hydrogen) atoms. The van der Waals surface area contributed by atoms with Crippen molar-refractivity contribution in [1.82, 2.24) is 0 Å². The molecule has 3 nitrogen and oxygen atoms in total. The summed E-state index contributed by atoms with van der Waals surface area (Å²) in [6, 6.07) is 11.3. The molecule has 0 fully saturated rings. The van der Waals surface area contributed by atoms with Crippen molar-refractivity contribution in [2.45, 2.75) is 11.8 Å². The van der Waals surface area contributed by atoms with Gasteiger partial charge in [-0.25, -0.2) is 4.39 Å². The van der Waals surface area contributed by atoms with Crippen LogP contribution in [0.2, 0.25) is 0 Å². The molecule has 1 aliphatic rings. The van der Waals surface area contributed by atoms with Crippen molar-refractivity contribution in [3.8, 4) is 5.75 Å². The summed E-state index contributed by atoms with van der Waals surface area (Å²) in [5.41, 5.74) is 2.09. The predicted molar refractivity (Wildman–Crippen MR) is 85.9 cm³/mol. The molecule has 2 aromatic carbocycles. The van der Waals surface area contributed by atoms with E-state index in [1.165, 1.54) is 36.0 Å². The van der Waals surface area contributed by atoms with Gasteiger partial charge in [0.15, 0.2) is 0 Å². The number of nitrogens with one attached hydrogen (secondary N) is 1. The Balaban J connectivity index is 1.96. The quantitative estimate of drug-likeness (QED) is 0.848. The van der Waals surface area contributed by atoms with Crippen molar-refractivity contribution in [2.24, 2.45) is 0 Å². The Morgan fingerprint density at radius 2 is 1.91 bits per heavy atom. The van der Waals surface area contributed by atoms with Gasteiger partial charge in [0.25, 0.3) is 0 Å². The second-order valence-corrected chi connectivity index (χ2v) is 5.90. The van der Waals surface area contributed by atoms with E-state index in [2.05, 4.69) is 5.32 Å². The van der Waals surface area contributed by atoms with Gasteiger partial charge in [0.05, 0.1) is 17.7 Å². The third-order valence-electron chi connectivity index (χ3n) is 3.39. The highest BCUT2D eigenvalue weighted by molar-refractivity contribution is 8.04. The predicted octanol–water partition coefficient (Wildman–Crippen LogP) is 4.47. The minimum Gasteiger partial charge on any atom is -0.495 e. The van der Waals surface area contributed by atoms with E-state index < -0.39 is 0 Å². The van der Waals surface area contributed by atoms with Gasteiger partial charge < -0.3 is 10.1 Å². The van der Waals surface area contributed by atoms with Crippen LogP contribution in [-0.4, -0.2) is 12.9 Å². The molecule has 1 N–H and O–H groups in total. The van der Waals surface area contributed by atoms with Gasteiger partial charge in [0.1, 0.15) is 11.6 Å². The molecule has 5 heteroatoms. The third kappa shape index (κ3) is 2.60. The number of thioether (sulfide) groups is 1. The molecule has 0 aliphatic carbocycles. The molecule has 0 bridgehead atoms. The second kappa shape index (κ2) is 5.85. The van der Waals surface area contributed by atoms with Crippen molar-refractivity contribution >= 4 is 23.2 Å². The number of allylic oxidation sites excluding steroid dienone is 2. The number of ether oxygens (including phenoxy) is 1. The Morgan fingerprint density at radius 3 is 2.59 bits per heavy atom. The number of anilines is 1. The fourth-order valence-corrected chi connectivity index (χ4v) is 3.30.